The summed E-state index contributed by atoms with van der Waals surface area (Å²) in [6.45, 7) is 9.67. The number of hydrogen-bond acceptors (Lipinski definition) is 9. The number of piperidine rings is 1. The van der Waals surface area contributed by atoms with Crippen LogP contribution in [-0.2, 0) is 14.8 Å². The van der Waals surface area contributed by atoms with Gasteiger partial charge in [-0.2, -0.15) is 0 Å². The Kier molecular flexibility index (Phi) is 9.26. The maximum atomic E-state index is 13.5. The highest BCUT2D eigenvalue weighted by molar-refractivity contribution is 7.89. The van der Waals surface area contributed by atoms with E-state index in [0.29, 0.717) is 17.5 Å². The summed E-state index contributed by atoms with van der Waals surface area (Å²) in [5, 5.41) is 6.75. The van der Waals surface area contributed by atoms with Crippen LogP contribution in [0.4, 0.5) is 23.0 Å². The van der Waals surface area contributed by atoms with Gasteiger partial charge < -0.3 is 25.3 Å². The smallest absolute Gasteiger partial charge is 0.249 e. The number of nitrogens with one attached hydrogen (secondary N) is 3. The first-order valence-corrected chi connectivity index (χ1v) is 18.9. The minimum Gasteiger partial charge on any atom is -0.340 e. The van der Waals surface area contributed by atoms with E-state index in [2.05, 4.69) is 30.1 Å². The van der Waals surface area contributed by atoms with Crippen molar-refractivity contribution >= 4 is 38.9 Å². The van der Waals surface area contributed by atoms with Gasteiger partial charge in [0.2, 0.25) is 15.9 Å². The standard InChI is InChI=1S/C34H50N8O3S/c1-24-34(43)39(2)31-12-13-32(37-33(31)42(24)29-14-16-35-17-15-29)36-27-4-3-5-30(22-27)46(44,45)38-26-8-10-28(11-9-26)41-20-18-40(19-21-41)23-25-6-7-25/h3-5,12-13,22,24-26,28-29,35,38H,6-11,14-21,23H2,1-2H3,(H,36,37)/t24-,26-,28-/m1/s1. The fourth-order valence-corrected chi connectivity index (χ4v) is 9.30. The van der Waals surface area contributed by atoms with Crippen LogP contribution in [0.2, 0.25) is 0 Å². The van der Waals surface area contributed by atoms with Crippen LogP contribution in [0.3, 0.4) is 0 Å². The second-order valence-corrected chi connectivity index (χ2v) is 15.8. The molecule has 1 amide bonds. The summed E-state index contributed by atoms with van der Waals surface area (Å²) < 4.78 is 30.0. The van der Waals surface area contributed by atoms with Gasteiger partial charge in [0.05, 0.1) is 10.6 Å². The van der Waals surface area contributed by atoms with Crippen molar-refractivity contribution in [1.29, 1.82) is 0 Å². The third-order valence-corrected chi connectivity index (χ3v) is 12.4. The van der Waals surface area contributed by atoms with Gasteiger partial charge in [-0.05, 0) is 108 Å². The number of amides is 1. The lowest BCUT2D eigenvalue weighted by Gasteiger charge is -2.45. The molecule has 2 saturated carbocycles. The Labute approximate surface area is 274 Å². The van der Waals surface area contributed by atoms with Crippen molar-refractivity contribution in [3.8, 4) is 0 Å². The number of pyridine rings is 1. The van der Waals surface area contributed by atoms with Crippen LogP contribution in [0.15, 0.2) is 41.3 Å². The molecule has 0 unspecified atom stereocenters. The topological polar surface area (TPSA) is 113 Å². The number of anilines is 4. The molecule has 2 saturated heterocycles. The number of carbonyl (C=O) groups is 1. The second-order valence-electron chi connectivity index (χ2n) is 14.1. The predicted octanol–water partition coefficient (Wildman–Crippen LogP) is 3.37. The Morgan fingerprint density at radius 3 is 2.37 bits per heavy atom. The van der Waals surface area contributed by atoms with Gasteiger partial charge in [0.1, 0.15) is 11.9 Å². The highest BCUT2D eigenvalue weighted by atomic mass is 32.2. The number of fused-ring (bicyclic) bond motifs is 1. The summed E-state index contributed by atoms with van der Waals surface area (Å²) in [4.78, 5) is 27.4. The number of nitrogens with zero attached hydrogens (tertiary/aromatic N) is 5. The molecule has 3 aliphatic heterocycles. The zero-order valence-electron chi connectivity index (χ0n) is 27.3. The average Bonchev–Trinajstić information content (AvgIpc) is 3.89. The van der Waals surface area contributed by atoms with Crippen LogP contribution in [0.25, 0.3) is 0 Å². The van der Waals surface area contributed by atoms with Crippen LogP contribution >= 0.6 is 0 Å². The van der Waals surface area contributed by atoms with Crippen molar-refractivity contribution in [2.24, 2.45) is 5.92 Å². The predicted molar refractivity (Wildman–Crippen MR) is 182 cm³/mol. The number of likely N-dealkylation sites (N-methyl/N-ethyl adjacent to an activating group) is 1. The van der Waals surface area contributed by atoms with Crippen LogP contribution in [0, 0.1) is 5.92 Å². The number of sulfonamides is 1. The van der Waals surface area contributed by atoms with Gasteiger partial charge in [0.25, 0.3) is 0 Å². The minimum atomic E-state index is -3.68. The molecule has 1 aromatic carbocycles. The first kappa shape index (κ1) is 31.8. The number of piperazine rings is 1. The zero-order chi connectivity index (χ0) is 31.8. The van der Waals surface area contributed by atoms with Crippen molar-refractivity contribution < 1.29 is 13.2 Å². The molecular formula is C34H50N8O3S. The molecule has 7 rings (SSSR count). The summed E-state index contributed by atoms with van der Waals surface area (Å²) in [6.07, 6.45) is 8.53. The van der Waals surface area contributed by atoms with Gasteiger partial charge in [-0.3, -0.25) is 9.69 Å². The molecule has 12 heteroatoms. The lowest BCUT2D eigenvalue weighted by atomic mass is 9.90. The molecule has 4 fully saturated rings. The summed E-state index contributed by atoms with van der Waals surface area (Å²) >= 11 is 0. The van der Waals surface area contributed by atoms with Gasteiger partial charge in [0, 0.05) is 63.6 Å². The number of hydrogen-bond donors (Lipinski definition) is 3. The second kappa shape index (κ2) is 13.4. The highest BCUT2D eigenvalue weighted by Gasteiger charge is 2.39. The van der Waals surface area contributed by atoms with Crippen LogP contribution in [0.5, 0.6) is 0 Å². The molecule has 2 aliphatic carbocycles. The molecule has 11 nitrogen and oxygen atoms in total. The third-order valence-electron chi connectivity index (χ3n) is 10.8. The Morgan fingerprint density at radius 1 is 0.913 bits per heavy atom. The maximum Gasteiger partial charge on any atom is 0.249 e. The number of rotatable bonds is 9. The number of benzene rings is 1. The average molecular weight is 651 g/mol. The van der Waals surface area contributed by atoms with Crippen LogP contribution in [-0.4, -0.2) is 106 Å². The molecular weight excluding hydrogens is 600 g/mol. The van der Waals surface area contributed by atoms with E-state index < -0.39 is 10.0 Å². The fraction of sp³-hybridized carbons (Fsp3) is 0.647. The largest absolute Gasteiger partial charge is 0.340 e. The van der Waals surface area contributed by atoms with E-state index in [1.807, 2.05) is 25.1 Å². The summed E-state index contributed by atoms with van der Waals surface area (Å²) in [6, 6.07) is 11.2. The van der Waals surface area contributed by atoms with E-state index in [-0.39, 0.29) is 28.9 Å². The Morgan fingerprint density at radius 2 is 1.65 bits per heavy atom. The maximum absolute atomic E-state index is 13.5. The molecule has 4 heterocycles. The molecule has 0 spiro atoms. The normalized spacial score (nSPS) is 27.1. The molecule has 0 bridgehead atoms. The van der Waals surface area contributed by atoms with E-state index in [1.54, 1.807) is 30.1 Å². The fourth-order valence-electron chi connectivity index (χ4n) is 7.95. The minimum absolute atomic E-state index is 0.0426. The van der Waals surface area contributed by atoms with E-state index in [0.717, 1.165) is 82.1 Å². The molecule has 1 aromatic heterocycles. The van der Waals surface area contributed by atoms with Crippen molar-refractivity contribution in [2.45, 2.75) is 87.4 Å². The molecule has 0 radical (unpaired) electrons. The van der Waals surface area contributed by atoms with E-state index in [4.69, 9.17) is 4.98 Å². The van der Waals surface area contributed by atoms with E-state index in [1.165, 1.54) is 32.5 Å². The molecule has 250 valence electrons. The van der Waals surface area contributed by atoms with E-state index >= 15 is 0 Å². The number of carbonyl (C=O) groups excluding carboxylic acids is 1. The molecule has 46 heavy (non-hydrogen) atoms. The van der Waals surface area contributed by atoms with Crippen molar-refractivity contribution in [3.63, 3.8) is 0 Å². The van der Waals surface area contributed by atoms with Gasteiger partial charge >= 0.3 is 0 Å². The quantitative estimate of drug-likeness (QED) is 0.376. The zero-order valence-corrected chi connectivity index (χ0v) is 28.1. The SMILES string of the molecule is C[C@@H]1C(=O)N(C)c2ccc(Nc3cccc(S(=O)(=O)N[C@H]4CC[C@H](N5CCN(CC6CC6)CC5)CC4)c3)nc2N1C1CCNCC1. The lowest BCUT2D eigenvalue weighted by Crippen LogP contribution is -2.56. The van der Waals surface area contributed by atoms with Crippen molar-refractivity contribution in [2.75, 3.05) is 68.0 Å². The van der Waals surface area contributed by atoms with Gasteiger partial charge in [0.15, 0.2) is 5.82 Å². The summed E-state index contributed by atoms with van der Waals surface area (Å²) in [5.74, 6) is 2.41. The highest BCUT2D eigenvalue weighted by Crippen LogP contribution is 2.38. The summed E-state index contributed by atoms with van der Waals surface area (Å²) in [7, 11) is -1.87. The molecule has 1 atom stereocenters. The Hall–Kier alpha value is -2.77. The first-order valence-electron chi connectivity index (χ1n) is 17.4. The van der Waals surface area contributed by atoms with Gasteiger partial charge in [-0.25, -0.2) is 18.1 Å². The van der Waals surface area contributed by atoms with Gasteiger partial charge in [-0.15, -0.1) is 0 Å². The summed E-state index contributed by atoms with van der Waals surface area (Å²) in [5.41, 5.74) is 1.44. The van der Waals surface area contributed by atoms with Crippen LogP contribution in [0.1, 0.15) is 58.3 Å². The van der Waals surface area contributed by atoms with Gasteiger partial charge in [-0.1, -0.05) is 6.07 Å². The first-order chi connectivity index (χ1) is 22.2. The Balaban J connectivity index is 0.981. The third kappa shape index (κ3) is 6.92. The molecule has 5 aliphatic rings. The Bertz CT molecular complexity index is 1500. The van der Waals surface area contributed by atoms with Crippen molar-refractivity contribution in [1.82, 2.24) is 24.8 Å². The monoisotopic (exact) mass is 650 g/mol. The van der Waals surface area contributed by atoms with E-state index in [9.17, 15) is 13.2 Å². The van der Waals surface area contributed by atoms with Crippen LogP contribution < -0.4 is 25.2 Å². The lowest BCUT2D eigenvalue weighted by molar-refractivity contribution is -0.119. The number of aromatic nitrogens is 1. The molecule has 3 N–H and O–H groups in total. The molecule has 2 aromatic rings. The van der Waals surface area contributed by atoms with Crippen molar-refractivity contribution in [3.05, 3.63) is 36.4 Å².